The third-order valence-electron chi connectivity index (χ3n) is 5.37. The number of para-hydroxylation sites is 1. The molecule has 172 valence electrons. The molecule has 0 atom stereocenters. The first-order chi connectivity index (χ1) is 16.4. The van der Waals surface area contributed by atoms with Crippen molar-refractivity contribution in [3.63, 3.8) is 0 Å². The van der Waals surface area contributed by atoms with Crippen LogP contribution in [-0.4, -0.2) is 34.7 Å². The number of thiophene rings is 1. The number of aryl methyl sites for hydroxylation is 1. The van der Waals surface area contributed by atoms with E-state index in [0.717, 1.165) is 15.0 Å². The summed E-state index contributed by atoms with van der Waals surface area (Å²) >= 11 is 1.52. The van der Waals surface area contributed by atoms with Gasteiger partial charge in [0.15, 0.2) is 11.2 Å². The molecule has 0 unspecified atom stereocenters. The van der Waals surface area contributed by atoms with Crippen LogP contribution in [-0.2, 0) is 31.9 Å². The van der Waals surface area contributed by atoms with Crippen LogP contribution < -0.4 is 16.6 Å². The summed E-state index contributed by atoms with van der Waals surface area (Å²) in [6.45, 7) is -0.151. The molecule has 0 bridgehead atoms. The topological polar surface area (TPSA) is 130 Å². The van der Waals surface area contributed by atoms with Gasteiger partial charge in [0, 0.05) is 19.8 Å². The number of nitrogens with zero attached hydrogens (tertiary/aromatic N) is 6. The minimum atomic E-state index is -0.512. The average Bonchev–Trinajstić information content (AvgIpc) is 3.58. The van der Waals surface area contributed by atoms with Gasteiger partial charge in [-0.15, -0.1) is 11.3 Å². The lowest BCUT2D eigenvalue weighted by atomic mass is 10.1. The zero-order chi connectivity index (χ0) is 23.8. The quantitative estimate of drug-likeness (QED) is 0.394. The Balaban J connectivity index is 1.37. The minimum absolute atomic E-state index is 0.151. The predicted octanol–water partition coefficient (Wildman–Crippen LogP) is 1.77. The molecule has 11 nitrogen and oxygen atoms in total. The Hall–Kier alpha value is -4.32. The maximum Gasteiger partial charge on any atom is 0.332 e. The van der Waals surface area contributed by atoms with Gasteiger partial charge in [-0.2, -0.15) is 4.98 Å². The number of anilines is 1. The molecule has 1 N–H and O–H groups in total. The van der Waals surface area contributed by atoms with Crippen molar-refractivity contribution in [1.29, 1.82) is 0 Å². The van der Waals surface area contributed by atoms with Gasteiger partial charge in [-0.3, -0.25) is 18.7 Å². The van der Waals surface area contributed by atoms with Crippen molar-refractivity contribution in [3.8, 4) is 10.7 Å². The van der Waals surface area contributed by atoms with E-state index in [0.29, 0.717) is 23.8 Å². The molecule has 0 saturated heterocycles. The van der Waals surface area contributed by atoms with Crippen molar-refractivity contribution in [1.82, 2.24) is 28.8 Å². The maximum atomic E-state index is 12.8. The Morgan fingerprint density at radius 3 is 2.74 bits per heavy atom. The molecule has 5 rings (SSSR count). The molecular formula is C22H19N7O4S. The molecule has 0 fully saturated rings. The molecule has 0 aliphatic heterocycles. The average molecular weight is 478 g/mol. The molecule has 12 heteroatoms. The molecule has 0 aliphatic rings. The molecular weight excluding hydrogens is 458 g/mol. The predicted molar refractivity (Wildman–Crippen MR) is 126 cm³/mol. The van der Waals surface area contributed by atoms with E-state index in [2.05, 4.69) is 20.4 Å². The number of aromatic nitrogens is 6. The Bertz CT molecular complexity index is 1630. The number of hydrogen-bond donors (Lipinski definition) is 1. The monoisotopic (exact) mass is 477 g/mol. The van der Waals surface area contributed by atoms with Gasteiger partial charge in [-0.1, -0.05) is 29.4 Å². The Morgan fingerprint density at radius 2 is 1.94 bits per heavy atom. The van der Waals surface area contributed by atoms with Gasteiger partial charge in [0.25, 0.3) is 5.56 Å². The van der Waals surface area contributed by atoms with Gasteiger partial charge in [0.2, 0.25) is 17.6 Å². The van der Waals surface area contributed by atoms with E-state index in [-0.39, 0.29) is 23.6 Å². The summed E-state index contributed by atoms with van der Waals surface area (Å²) in [5, 5.41) is 8.84. The van der Waals surface area contributed by atoms with Gasteiger partial charge < -0.3 is 14.4 Å². The standard InChI is InChI=1S/C22H19N7O4S/c1-27-20-18(21(31)28(2)22(27)32)29(12-23-20)11-16(30)24-14-7-4-3-6-13(14)10-17-25-19(26-33-17)15-8-5-9-34-15/h3-9,12H,10-11H2,1-2H3,(H,24,30). The zero-order valence-corrected chi connectivity index (χ0v) is 19.1. The molecule has 0 spiro atoms. The van der Waals surface area contributed by atoms with Crippen molar-refractivity contribution >= 4 is 34.1 Å². The first-order valence-corrected chi connectivity index (χ1v) is 11.2. The Morgan fingerprint density at radius 1 is 1.12 bits per heavy atom. The smallest absolute Gasteiger partial charge is 0.332 e. The number of carbonyl (C=O) groups is 1. The molecule has 4 heterocycles. The fraction of sp³-hybridized carbons (Fsp3) is 0.182. The molecule has 0 aliphatic carbocycles. The number of carbonyl (C=O) groups excluding carboxylic acids is 1. The van der Waals surface area contributed by atoms with Gasteiger partial charge >= 0.3 is 5.69 Å². The highest BCUT2D eigenvalue weighted by Crippen LogP contribution is 2.24. The van der Waals surface area contributed by atoms with Crippen LogP contribution in [0.25, 0.3) is 21.9 Å². The Kier molecular flexibility index (Phi) is 5.42. The molecule has 1 amide bonds. The highest BCUT2D eigenvalue weighted by molar-refractivity contribution is 7.13. The highest BCUT2D eigenvalue weighted by Gasteiger charge is 2.17. The number of nitrogens with one attached hydrogen (secondary N) is 1. The zero-order valence-electron chi connectivity index (χ0n) is 18.3. The van der Waals surface area contributed by atoms with Gasteiger partial charge in [-0.05, 0) is 23.1 Å². The van der Waals surface area contributed by atoms with Crippen molar-refractivity contribution < 1.29 is 9.32 Å². The molecule has 5 aromatic rings. The van der Waals surface area contributed by atoms with Crippen molar-refractivity contribution in [2.45, 2.75) is 13.0 Å². The number of fused-ring (bicyclic) bond motifs is 1. The van der Waals surface area contributed by atoms with Crippen LogP contribution in [0.4, 0.5) is 5.69 Å². The van der Waals surface area contributed by atoms with Gasteiger partial charge in [0.1, 0.15) is 6.54 Å². The summed E-state index contributed by atoms with van der Waals surface area (Å²) in [5.74, 6) is 0.594. The van der Waals surface area contributed by atoms with E-state index in [9.17, 15) is 14.4 Å². The fourth-order valence-electron chi connectivity index (χ4n) is 3.65. The van der Waals surface area contributed by atoms with E-state index >= 15 is 0 Å². The first-order valence-electron chi connectivity index (χ1n) is 10.3. The van der Waals surface area contributed by atoms with Crippen LogP contribution in [0.1, 0.15) is 11.5 Å². The van der Waals surface area contributed by atoms with Crippen LogP contribution in [0.2, 0.25) is 0 Å². The Labute approximate surface area is 195 Å². The molecule has 0 saturated carbocycles. The lowest BCUT2D eigenvalue weighted by molar-refractivity contribution is -0.116. The molecule has 4 aromatic heterocycles. The SMILES string of the molecule is Cn1c(=O)c2c(ncn2CC(=O)Nc2ccccc2Cc2nc(-c3cccs3)no2)n(C)c1=O. The molecule has 34 heavy (non-hydrogen) atoms. The van der Waals surface area contributed by atoms with Crippen molar-refractivity contribution in [3.05, 3.63) is 80.4 Å². The number of amides is 1. The number of imidazole rings is 1. The normalized spacial score (nSPS) is 11.2. The van der Waals surface area contributed by atoms with E-state index in [1.807, 2.05) is 35.7 Å². The summed E-state index contributed by atoms with van der Waals surface area (Å²) < 4.78 is 9.08. The fourth-order valence-corrected chi connectivity index (χ4v) is 4.30. The van der Waals surface area contributed by atoms with Crippen LogP contribution in [0.15, 0.2) is 62.2 Å². The highest BCUT2D eigenvalue weighted by atomic mass is 32.1. The summed E-state index contributed by atoms with van der Waals surface area (Å²) in [6, 6.07) is 11.1. The van der Waals surface area contributed by atoms with Crippen LogP contribution >= 0.6 is 11.3 Å². The minimum Gasteiger partial charge on any atom is -0.339 e. The van der Waals surface area contributed by atoms with Crippen LogP contribution in [0, 0.1) is 0 Å². The van der Waals surface area contributed by atoms with Crippen LogP contribution in [0.3, 0.4) is 0 Å². The summed E-state index contributed by atoms with van der Waals surface area (Å²) in [7, 11) is 2.91. The van der Waals surface area contributed by atoms with E-state index < -0.39 is 11.2 Å². The molecule has 0 radical (unpaired) electrons. The lowest BCUT2D eigenvalue weighted by Gasteiger charge is -2.11. The van der Waals surface area contributed by atoms with E-state index in [1.165, 1.54) is 40.9 Å². The second-order valence-electron chi connectivity index (χ2n) is 7.62. The summed E-state index contributed by atoms with van der Waals surface area (Å²) in [5.41, 5.74) is 0.796. The summed E-state index contributed by atoms with van der Waals surface area (Å²) in [4.78, 5) is 47.1. The van der Waals surface area contributed by atoms with E-state index in [1.54, 1.807) is 6.07 Å². The number of hydrogen-bond acceptors (Lipinski definition) is 8. The van der Waals surface area contributed by atoms with Crippen molar-refractivity contribution in [2.75, 3.05) is 5.32 Å². The number of benzene rings is 1. The third-order valence-corrected chi connectivity index (χ3v) is 6.24. The van der Waals surface area contributed by atoms with Crippen LogP contribution in [0.5, 0.6) is 0 Å². The maximum absolute atomic E-state index is 12.8. The van der Waals surface area contributed by atoms with Gasteiger partial charge in [0.05, 0.1) is 17.6 Å². The summed E-state index contributed by atoms with van der Waals surface area (Å²) in [6.07, 6.45) is 1.72. The van der Waals surface area contributed by atoms with Gasteiger partial charge in [-0.25, -0.2) is 9.78 Å². The second-order valence-corrected chi connectivity index (χ2v) is 8.57. The van der Waals surface area contributed by atoms with E-state index in [4.69, 9.17) is 4.52 Å². The number of rotatable bonds is 6. The third kappa shape index (κ3) is 3.83. The first kappa shape index (κ1) is 21.5. The second kappa shape index (κ2) is 8.56. The van der Waals surface area contributed by atoms with Crippen molar-refractivity contribution in [2.24, 2.45) is 14.1 Å². The lowest BCUT2D eigenvalue weighted by Crippen LogP contribution is -2.37. The molecule has 1 aromatic carbocycles. The largest absolute Gasteiger partial charge is 0.339 e.